The third-order valence-electron chi connectivity index (χ3n) is 3.40. The minimum absolute atomic E-state index is 0.679. The molecule has 0 bridgehead atoms. The van der Waals surface area contributed by atoms with Crippen LogP contribution in [0.5, 0.6) is 0 Å². The first-order valence-electron chi connectivity index (χ1n) is 5.99. The maximum Gasteiger partial charge on any atom is 0.0702 e. The highest BCUT2D eigenvalue weighted by molar-refractivity contribution is 5.79. The fourth-order valence-electron chi connectivity index (χ4n) is 2.48. The Bertz CT molecular complexity index is 487. The van der Waals surface area contributed by atoms with Crippen LogP contribution in [0, 0.1) is 0 Å². The van der Waals surface area contributed by atoms with Crippen LogP contribution in [0.15, 0.2) is 36.5 Å². The average Bonchev–Trinajstić information content (AvgIpc) is 2.39. The number of nitrogens with one attached hydrogen (secondary N) is 1. The van der Waals surface area contributed by atoms with Crippen molar-refractivity contribution in [3.8, 4) is 0 Å². The van der Waals surface area contributed by atoms with Gasteiger partial charge < -0.3 is 5.32 Å². The third kappa shape index (κ3) is 1.81. The molecule has 1 saturated heterocycles. The third-order valence-corrected chi connectivity index (χ3v) is 3.40. The Morgan fingerprint density at radius 2 is 2.25 bits per heavy atom. The molecule has 0 amide bonds. The average molecular weight is 212 g/mol. The number of pyridine rings is 1. The van der Waals surface area contributed by atoms with Crippen molar-refractivity contribution in [2.75, 3.05) is 13.1 Å². The normalized spacial score (nSPS) is 21.1. The first-order chi connectivity index (χ1) is 7.93. The Morgan fingerprint density at radius 1 is 1.25 bits per heavy atom. The summed E-state index contributed by atoms with van der Waals surface area (Å²) in [6.45, 7) is 2.29. The first-order valence-corrected chi connectivity index (χ1v) is 5.99. The molecule has 1 fully saturated rings. The molecule has 2 heterocycles. The number of benzene rings is 1. The summed E-state index contributed by atoms with van der Waals surface area (Å²) in [5, 5.41) is 4.72. The van der Waals surface area contributed by atoms with Crippen molar-refractivity contribution < 1.29 is 0 Å². The Kier molecular flexibility index (Phi) is 2.58. The van der Waals surface area contributed by atoms with E-state index in [4.69, 9.17) is 0 Å². The Balaban J connectivity index is 1.97. The molecular weight excluding hydrogens is 196 g/mol. The molecule has 0 aliphatic carbocycles. The topological polar surface area (TPSA) is 24.9 Å². The van der Waals surface area contributed by atoms with E-state index >= 15 is 0 Å². The predicted molar refractivity (Wildman–Crippen MR) is 66.6 cm³/mol. The van der Waals surface area contributed by atoms with Gasteiger partial charge >= 0.3 is 0 Å². The number of fused-ring (bicyclic) bond motifs is 1. The number of rotatable bonds is 1. The van der Waals surface area contributed by atoms with Gasteiger partial charge in [-0.25, -0.2) is 0 Å². The zero-order valence-corrected chi connectivity index (χ0v) is 9.32. The molecule has 0 saturated carbocycles. The van der Waals surface area contributed by atoms with Crippen LogP contribution in [0.3, 0.4) is 0 Å². The number of hydrogen-bond donors (Lipinski definition) is 1. The van der Waals surface area contributed by atoms with E-state index in [0.717, 1.165) is 12.1 Å². The minimum atomic E-state index is 0.679. The second-order valence-electron chi connectivity index (χ2n) is 4.50. The van der Waals surface area contributed by atoms with E-state index in [2.05, 4.69) is 34.6 Å². The van der Waals surface area contributed by atoms with Gasteiger partial charge in [0, 0.05) is 18.1 Å². The zero-order valence-electron chi connectivity index (χ0n) is 9.32. The highest BCUT2D eigenvalue weighted by atomic mass is 14.9. The monoisotopic (exact) mass is 212 g/mol. The Morgan fingerprint density at radius 3 is 3.12 bits per heavy atom. The number of nitrogens with zero attached hydrogens (tertiary/aromatic N) is 1. The van der Waals surface area contributed by atoms with Crippen LogP contribution in [0.25, 0.3) is 10.9 Å². The molecule has 1 aromatic heterocycles. The molecule has 2 heteroatoms. The standard InChI is InChI=1S/C14H16N2/c1-4-13(10-15-7-1)11-5-6-14-12(9-11)3-2-8-16-14/h2-3,5-6,8-9,13,15H,1,4,7,10H2. The van der Waals surface area contributed by atoms with E-state index in [-0.39, 0.29) is 0 Å². The van der Waals surface area contributed by atoms with Crippen LogP contribution < -0.4 is 5.32 Å². The zero-order chi connectivity index (χ0) is 10.8. The lowest BCUT2D eigenvalue weighted by molar-refractivity contribution is 0.462. The summed E-state index contributed by atoms with van der Waals surface area (Å²) >= 11 is 0. The van der Waals surface area contributed by atoms with Gasteiger partial charge in [0.1, 0.15) is 0 Å². The summed E-state index contributed by atoms with van der Waals surface area (Å²) in [6.07, 6.45) is 4.44. The molecule has 1 aliphatic rings. The van der Waals surface area contributed by atoms with E-state index in [1.165, 1.54) is 30.3 Å². The van der Waals surface area contributed by atoms with Crippen LogP contribution in [0.4, 0.5) is 0 Å². The summed E-state index contributed by atoms with van der Waals surface area (Å²) in [4.78, 5) is 4.35. The Labute approximate surface area is 95.7 Å². The predicted octanol–water partition coefficient (Wildman–Crippen LogP) is 2.70. The molecule has 82 valence electrons. The van der Waals surface area contributed by atoms with Gasteiger partial charge in [-0.15, -0.1) is 0 Å². The smallest absolute Gasteiger partial charge is 0.0702 e. The molecular formula is C14H16N2. The quantitative estimate of drug-likeness (QED) is 0.786. The molecule has 3 rings (SSSR count). The van der Waals surface area contributed by atoms with Gasteiger partial charge in [-0.3, -0.25) is 4.98 Å². The largest absolute Gasteiger partial charge is 0.316 e. The summed E-state index contributed by atoms with van der Waals surface area (Å²) < 4.78 is 0. The molecule has 1 aliphatic heterocycles. The first kappa shape index (κ1) is 9.79. The highest BCUT2D eigenvalue weighted by Crippen LogP contribution is 2.25. The fraction of sp³-hybridized carbons (Fsp3) is 0.357. The van der Waals surface area contributed by atoms with E-state index < -0.39 is 0 Å². The van der Waals surface area contributed by atoms with Crippen molar-refractivity contribution in [2.45, 2.75) is 18.8 Å². The van der Waals surface area contributed by atoms with Crippen molar-refractivity contribution >= 4 is 10.9 Å². The van der Waals surface area contributed by atoms with Crippen LogP contribution >= 0.6 is 0 Å². The summed E-state index contributed by atoms with van der Waals surface area (Å²) in [6, 6.07) is 10.8. The van der Waals surface area contributed by atoms with Gasteiger partial charge in [-0.05, 0) is 49.1 Å². The summed E-state index contributed by atoms with van der Waals surface area (Å²) in [5.41, 5.74) is 2.54. The number of hydrogen-bond acceptors (Lipinski definition) is 2. The van der Waals surface area contributed by atoms with E-state index in [9.17, 15) is 0 Å². The van der Waals surface area contributed by atoms with Crippen molar-refractivity contribution in [3.63, 3.8) is 0 Å². The molecule has 16 heavy (non-hydrogen) atoms. The van der Waals surface area contributed by atoms with Crippen LogP contribution in [0.2, 0.25) is 0 Å². The molecule has 1 aromatic carbocycles. The second kappa shape index (κ2) is 4.22. The van der Waals surface area contributed by atoms with Gasteiger partial charge in [0.25, 0.3) is 0 Å². The lowest BCUT2D eigenvalue weighted by Crippen LogP contribution is -2.28. The van der Waals surface area contributed by atoms with Crippen LogP contribution in [0.1, 0.15) is 24.3 Å². The molecule has 0 spiro atoms. The SMILES string of the molecule is c1cnc2ccc(C3CCCNC3)cc2c1. The number of piperidine rings is 1. The molecule has 2 aromatic rings. The lowest BCUT2D eigenvalue weighted by Gasteiger charge is -2.23. The molecule has 1 N–H and O–H groups in total. The highest BCUT2D eigenvalue weighted by Gasteiger charge is 2.14. The minimum Gasteiger partial charge on any atom is -0.316 e. The van der Waals surface area contributed by atoms with Gasteiger partial charge in [0.2, 0.25) is 0 Å². The number of aromatic nitrogens is 1. The van der Waals surface area contributed by atoms with Crippen LogP contribution in [-0.2, 0) is 0 Å². The fourth-order valence-corrected chi connectivity index (χ4v) is 2.48. The summed E-state index contributed by atoms with van der Waals surface area (Å²) in [5.74, 6) is 0.679. The van der Waals surface area contributed by atoms with Gasteiger partial charge in [0.05, 0.1) is 5.52 Å². The van der Waals surface area contributed by atoms with Crippen LogP contribution in [-0.4, -0.2) is 18.1 Å². The van der Waals surface area contributed by atoms with Crippen molar-refractivity contribution in [2.24, 2.45) is 0 Å². The maximum absolute atomic E-state index is 4.35. The van der Waals surface area contributed by atoms with Gasteiger partial charge in [0.15, 0.2) is 0 Å². The molecule has 2 nitrogen and oxygen atoms in total. The van der Waals surface area contributed by atoms with Gasteiger partial charge in [-0.2, -0.15) is 0 Å². The second-order valence-corrected chi connectivity index (χ2v) is 4.50. The Hall–Kier alpha value is -1.41. The van der Waals surface area contributed by atoms with E-state index in [1.54, 1.807) is 0 Å². The maximum atomic E-state index is 4.35. The van der Waals surface area contributed by atoms with Crippen molar-refractivity contribution in [3.05, 3.63) is 42.1 Å². The molecule has 1 unspecified atom stereocenters. The summed E-state index contributed by atoms with van der Waals surface area (Å²) in [7, 11) is 0. The molecule has 1 atom stereocenters. The van der Waals surface area contributed by atoms with Gasteiger partial charge in [-0.1, -0.05) is 12.1 Å². The van der Waals surface area contributed by atoms with Crippen molar-refractivity contribution in [1.82, 2.24) is 10.3 Å². The van der Waals surface area contributed by atoms with Crippen molar-refractivity contribution in [1.29, 1.82) is 0 Å². The van der Waals surface area contributed by atoms with E-state index in [0.29, 0.717) is 5.92 Å². The van der Waals surface area contributed by atoms with E-state index in [1.807, 2.05) is 12.3 Å². The molecule has 0 radical (unpaired) electrons. The lowest BCUT2D eigenvalue weighted by atomic mass is 9.91.